The summed E-state index contributed by atoms with van der Waals surface area (Å²) in [5.74, 6) is 0.184. The van der Waals surface area contributed by atoms with Crippen LogP contribution < -0.4 is 0 Å². The topological polar surface area (TPSA) is 49.8 Å². The lowest BCUT2D eigenvalue weighted by molar-refractivity contribution is -0.164. The second-order valence-electron chi connectivity index (χ2n) is 8.18. The molecule has 1 aliphatic carbocycles. The summed E-state index contributed by atoms with van der Waals surface area (Å²) in [5.41, 5.74) is 3.57. The summed E-state index contributed by atoms with van der Waals surface area (Å²) in [5, 5.41) is 9.92. The van der Waals surface area contributed by atoms with Gasteiger partial charge in [0.2, 0.25) is 0 Å². The molecule has 1 atom stereocenters. The van der Waals surface area contributed by atoms with Crippen LogP contribution in [-0.2, 0) is 28.4 Å². The summed E-state index contributed by atoms with van der Waals surface area (Å²) in [6, 6.07) is 27.1. The van der Waals surface area contributed by atoms with Gasteiger partial charge in [0.15, 0.2) is 5.72 Å². The molecule has 1 amide bonds. The molecule has 5 rings (SSSR count). The number of carbonyl (C=O) groups is 1. The number of hydrogen-bond acceptors (Lipinski definition) is 3. The van der Waals surface area contributed by atoms with Gasteiger partial charge in [-0.05, 0) is 41.7 Å². The third-order valence-electron chi connectivity index (χ3n) is 6.14. The lowest BCUT2D eigenvalue weighted by Gasteiger charge is -2.41. The molecule has 4 heteroatoms. The normalized spacial score (nSPS) is 20.0. The van der Waals surface area contributed by atoms with Crippen molar-refractivity contribution in [2.45, 2.75) is 31.7 Å². The maximum Gasteiger partial charge on any atom is 0.257 e. The van der Waals surface area contributed by atoms with Crippen molar-refractivity contribution in [1.29, 1.82) is 0 Å². The molecule has 0 radical (unpaired) electrons. The van der Waals surface area contributed by atoms with E-state index in [9.17, 15) is 9.90 Å². The minimum absolute atomic E-state index is 0.0143. The first kappa shape index (κ1) is 20.3. The molecular weight excluding hydrogens is 398 g/mol. The van der Waals surface area contributed by atoms with Gasteiger partial charge in [0.05, 0.1) is 6.61 Å². The van der Waals surface area contributed by atoms with Crippen LogP contribution in [0.2, 0.25) is 0 Å². The van der Waals surface area contributed by atoms with E-state index in [0.717, 1.165) is 40.7 Å². The Morgan fingerprint density at radius 3 is 2.38 bits per heavy atom. The molecular formula is C28H25NO3. The zero-order chi connectivity index (χ0) is 22.0. The molecule has 0 saturated carbocycles. The molecule has 1 unspecified atom stereocenters. The number of nitrogens with zero attached hydrogens (tertiary/aromatic N) is 1. The van der Waals surface area contributed by atoms with Crippen LogP contribution in [0.1, 0.15) is 29.5 Å². The summed E-state index contributed by atoms with van der Waals surface area (Å²) in [6.45, 7) is 0.706. The van der Waals surface area contributed by atoms with E-state index in [1.807, 2.05) is 77.7 Å². The highest BCUT2D eigenvalue weighted by molar-refractivity contribution is 6.01. The zero-order valence-electron chi connectivity index (χ0n) is 17.8. The molecule has 160 valence electrons. The summed E-state index contributed by atoms with van der Waals surface area (Å²) in [7, 11) is 0. The van der Waals surface area contributed by atoms with Gasteiger partial charge in [0.1, 0.15) is 5.75 Å². The third kappa shape index (κ3) is 3.53. The number of benzene rings is 3. The average molecular weight is 424 g/mol. The molecule has 1 aliphatic heterocycles. The van der Waals surface area contributed by atoms with Gasteiger partial charge < -0.3 is 9.84 Å². The van der Waals surface area contributed by atoms with Crippen LogP contribution in [0.5, 0.6) is 5.75 Å². The average Bonchev–Trinajstić information content (AvgIpc) is 3.08. The van der Waals surface area contributed by atoms with Crippen LogP contribution in [0.25, 0.3) is 0 Å². The molecule has 3 aromatic carbocycles. The standard InChI is InChI=1S/C28H25NO3/c30-24-15-9-12-22(18-24)20-32-28(23-13-5-2-6-14-23)26-17-8-7-16-25(26)27(31)29(28)19-21-10-3-1-4-11-21/h1-7,9-16,18,30H,8,17,19-20H2. The van der Waals surface area contributed by atoms with Crippen LogP contribution >= 0.6 is 0 Å². The third-order valence-corrected chi connectivity index (χ3v) is 6.14. The number of phenols is 1. The second-order valence-corrected chi connectivity index (χ2v) is 8.18. The van der Waals surface area contributed by atoms with E-state index >= 15 is 0 Å². The lowest BCUT2D eigenvalue weighted by Crippen LogP contribution is -2.47. The van der Waals surface area contributed by atoms with Gasteiger partial charge in [-0.2, -0.15) is 0 Å². The van der Waals surface area contributed by atoms with Crippen LogP contribution in [0.3, 0.4) is 0 Å². The van der Waals surface area contributed by atoms with Crippen LogP contribution in [0.15, 0.2) is 108 Å². The van der Waals surface area contributed by atoms with E-state index in [0.29, 0.717) is 6.54 Å². The Kier molecular flexibility index (Phi) is 5.38. The maximum atomic E-state index is 13.7. The molecule has 0 fully saturated rings. The Morgan fingerprint density at radius 2 is 1.62 bits per heavy atom. The monoisotopic (exact) mass is 423 g/mol. The van der Waals surface area contributed by atoms with E-state index in [1.165, 1.54) is 0 Å². The van der Waals surface area contributed by atoms with Gasteiger partial charge >= 0.3 is 0 Å². The quantitative estimate of drug-likeness (QED) is 0.573. The first-order chi connectivity index (χ1) is 15.7. The van der Waals surface area contributed by atoms with E-state index in [-0.39, 0.29) is 18.3 Å². The molecule has 2 aliphatic rings. The lowest BCUT2D eigenvalue weighted by atomic mass is 9.87. The molecule has 4 nitrogen and oxygen atoms in total. The smallest absolute Gasteiger partial charge is 0.257 e. The van der Waals surface area contributed by atoms with Gasteiger partial charge in [-0.1, -0.05) is 84.9 Å². The molecule has 0 aromatic heterocycles. The highest BCUT2D eigenvalue weighted by Gasteiger charge is 2.53. The van der Waals surface area contributed by atoms with Crippen LogP contribution in [0, 0.1) is 0 Å². The zero-order valence-corrected chi connectivity index (χ0v) is 17.8. The highest BCUT2D eigenvalue weighted by atomic mass is 16.5. The predicted octanol–water partition coefficient (Wildman–Crippen LogP) is 5.45. The number of amides is 1. The van der Waals surface area contributed by atoms with Gasteiger partial charge in [0.25, 0.3) is 5.91 Å². The Morgan fingerprint density at radius 1 is 0.906 bits per heavy atom. The number of allylic oxidation sites excluding steroid dienone is 1. The van der Waals surface area contributed by atoms with Crippen molar-refractivity contribution in [3.8, 4) is 5.75 Å². The number of rotatable bonds is 6. The number of carbonyl (C=O) groups excluding carboxylic acids is 1. The van der Waals surface area contributed by atoms with Crippen molar-refractivity contribution >= 4 is 5.91 Å². The van der Waals surface area contributed by atoms with Gasteiger partial charge in [-0.3, -0.25) is 9.69 Å². The molecule has 1 heterocycles. The van der Waals surface area contributed by atoms with Crippen molar-refractivity contribution in [2.75, 3.05) is 0 Å². The molecule has 0 spiro atoms. The SMILES string of the molecule is O=C1C2=C(CCC=C2)C(OCc2cccc(O)c2)(c2ccccc2)N1Cc1ccccc1. The van der Waals surface area contributed by atoms with Gasteiger partial charge in [0, 0.05) is 17.7 Å². The fourth-order valence-corrected chi connectivity index (χ4v) is 4.69. The van der Waals surface area contributed by atoms with Crippen molar-refractivity contribution in [2.24, 2.45) is 0 Å². The molecule has 0 saturated heterocycles. The minimum Gasteiger partial charge on any atom is -0.508 e. The predicted molar refractivity (Wildman–Crippen MR) is 123 cm³/mol. The number of hydrogen-bond donors (Lipinski definition) is 1. The summed E-state index contributed by atoms with van der Waals surface area (Å²) < 4.78 is 6.74. The Hall–Kier alpha value is -3.63. The maximum absolute atomic E-state index is 13.7. The van der Waals surface area contributed by atoms with Gasteiger partial charge in [-0.25, -0.2) is 0 Å². The van der Waals surface area contributed by atoms with Crippen LogP contribution in [-0.4, -0.2) is 15.9 Å². The van der Waals surface area contributed by atoms with Crippen LogP contribution in [0.4, 0.5) is 0 Å². The Bertz CT molecular complexity index is 1180. The highest BCUT2D eigenvalue weighted by Crippen LogP contribution is 2.49. The van der Waals surface area contributed by atoms with E-state index < -0.39 is 5.72 Å². The Labute approximate surface area is 188 Å². The Balaban J connectivity index is 1.64. The summed E-state index contributed by atoms with van der Waals surface area (Å²) in [4.78, 5) is 15.6. The number of phenolic OH excluding ortho intramolecular Hbond substituents is 1. The van der Waals surface area contributed by atoms with Crippen molar-refractivity contribution in [3.63, 3.8) is 0 Å². The summed E-state index contributed by atoms with van der Waals surface area (Å²) in [6.07, 6.45) is 5.64. The first-order valence-electron chi connectivity index (χ1n) is 10.9. The fraction of sp³-hybridized carbons (Fsp3) is 0.179. The summed E-state index contributed by atoms with van der Waals surface area (Å²) >= 11 is 0. The van der Waals surface area contributed by atoms with E-state index in [2.05, 4.69) is 6.08 Å². The molecule has 1 N–H and O–H groups in total. The minimum atomic E-state index is -1.00. The molecule has 0 bridgehead atoms. The molecule has 32 heavy (non-hydrogen) atoms. The van der Waals surface area contributed by atoms with Gasteiger partial charge in [-0.15, -0.1) is 0 Å². The van der Waals surface area contributed by atoms with Crippen molar-refractivity contribution < 1.29 is 14.6 Å². The van der Waals surface area contributed by atoms with E-state index in [4.69, 9.17) is 4.74 Å². The van der Waals surface area contributed by atoms with E-state index in [1.54, 1.807) is 18.2 Å². The first-order valence-corrected chi connectivity index (χ1v) is 10.9. The number of ether oxygens (including phenoxy) is 1. The van der Waals surface area contributed by atoms with Crippen molar-refractivity contribution in [1.82, 2.24) is 4.90 Å². The molecule has 3 aromatic rings. The number of aromatic hydroxyl groups is 1. The largest absolute Gasteiger partial charge is 0.508 e. The van der Waals surface area contributed by atoms with Crippen molar-refractivity contribution in [3.05, 3.63) is 125 Å². The fourth-order valence-electron chi connectivity index (χ4n) is 4.69. The second kappa shape index (κ2) is 8.48.